The van der Waals surface area contributed by atoms with E-state index >= 15 is 0 Å². The third kappa shape index (κ3) is 2.55. The Morgan fingerprint density at radius 3 is 2.50 bits per heavy atom. The first-order valence-electron chi connectivity index (χ1n) is 5.50. The number of hydrogen-bond donors (Lipinski definition) is 1. The van der Waals surface area contributed by atoms with Crippen molar-refractivity contribution in [1.82, 2.24) is 4.90 Å². The summed E-state index contributed by atoms with van der Waals surface area (Å²) in [6.07, 6.45) is 0. The lowest BCUT2D eigenvalue weighted by Crippen LogP contribution is -2.48. The molecule has 0 saturated carbocycles. The molecule has 1 aromatic rings. The lowest BCUT2D eigenvalue weighted by molar-refractivity contribution is -0.158. The number of amides is 2. The molecule has 1 unspecified atom stereocenters. The van der Waals surface area contributed by atoms with Gasteiger partial charge in [-0.3, -0.25) is 14.5 Å². The zero-order valence-corrected chi connectivity index (χ0v) is 9.64. The van der Waals surface area contributed by atoms with Gasteiger partial charge in [0.1, 0.15) is 19.0 Å². The van der Waals surface area contributed by atoms with Gasteiger partial charge in [0.05, 0.1) is 6.04 Å². The van der Waals surface area contributed by atoms with E-state index in [9.17, 15) is 14.0 Å². The molecule has 1 aliphatic rings. The SMILES string of the molecule is NC(CN1C(=O)COCC1=O)c1ccccc1F. The molecule has 1 aromatic carbocycles. The highest BCUT2D eigenvalue weighted by molar-refractivity contribution is 5.98. The number of rotatable bonds is 3. The minimum atomic E-state index is -0.739. The molecule has 1 heterocycles. The number of halogens is 1. The van der Waals surface area contributed by atoms with E-state index in [1.165, 1.54) is 12.1 Å². The maximum absolute atomic E-state index is 13.5. The molecule has 2 amide bonds. The largest absolute Gasteiger partial charge is 0.362 e. The summed E-state index contributed by atoms with van der Waals surface area (Å²) in [5.74, 6) is -1.34. The average Bonchev–Trinajstić information content (AvgIpc) is 2.34. The zero-order chi connectivity index (χ0) is 13.1. The van der Waals surface area contributed by atoms with Crippen molar-refractivity contribution < 1.29 is 18.7 Å². The van der Waals surface area contributed by atoms with Crippen LogP contribution >= 0.6 is 0 Å². The van der Waals surface area contributed by atoms with E-state index in [2.05, 4.69) is 0 Å². The highest BCUT2D eigenvalue weighted by Crippen LogP contribution is 2.16. The van der Waals surface area contributed by atoms with Crippen molar-refractivity contribution >= 4 is 11.8 Å². The van der Waals surface area contributed by atoms with Crippen LogP contribution in [0.2, 0.25) is 0 Å². The number of nitrogens with two attached hydrogens (primary N) is 1. The van der Waals surface area contributed by atoms with Gasteiger partial charge in [-0.25, -0.2) is 4.39 Å². The minimum Gasteiger partial charge on any atom is -0.362 e. The van der Waals surface area contributed by atoms with E-state index in [4.69, 9.17) is 10.5 Å². The van der Waals surface area contributed by atoms with Crippen molar-refractivity contribution in [2.24, 2.45) is 5.73 Å². The predicted octanol–water partition coefficient (Wildman–Crippen LogP) is 0.211. The van der Waals surface area contributed by atoms with Gasteiger partial charge in [-0.1, -0.05) is 18.2 Å². The van der Waals surface area contributed by atoms with Crippen LogP contribution in [0.15, 0.2) is 24.3 Å². The second kappa shape index (κ2) is 5.24. The third-order valence-electron chi connectivity index (χ3n) is 2.74. The molecule has 1 saturated heterocycles. The number of hydrogen-bond acceptors (Lipinski definition) is 4. The van der Waals surface area contributed by atoms with E-state index in [-0.39, 0.29) is 25.3 Å². The maximum atomic E-state index is 13.5. The molecule has 0 aromatic heterocycles. The molecule has 6 heteroatoms. The number of nitrogens with zero attached hydrogens (tertiary/aromatic N) is 1. The van der Waals surface area contributed by atoms with Gasteiger partial charge >= 0.3 is 0 Å². The number of benzene rings is 1. The van der Waals surface area contributed by atoms with Crippen molar-refractivity contribution in [3.63, 3.8) is 0 Å². The van der Waals surface area contributed by atoms with Crippen LogP contribution in [0.25, 0.3) is 0 Å². The van der Waals surface area contributed by atoms with Gasteiger partial charge in [-0.15, -0.1) is 0 Å². The van der Waals surface area contributed by atoms with Crippen molar-refractivity contribution in [3.05, 3.63) is 35.6 Å². The topological polar surface area (TPSA) is 72.6 Å². The highest BCUT2D eigenvalue weighted by atomic mass is 19.1. The van der Waals surface area contributed by atoms with Crippen LogP contribution in [-0.2, 0) is 14.3 Å². The van der Waals surface area contributed by atoms with Crippen molar-refractivity contribution in [1.29, 1.82) is 0 Å². The van der Waals surface area contributed by atoms with E-state index in [1.807, 2.05) is 0 Å². The fourth-order valence-corrected chi connectivity index (χ4v) is 1.80. The summed E-state index contributed by atoms with van der Waals surface area (Å²) in [5.41, 5.74) is 6.11. The zero-order valence-electron chi connectivity index (χ0n) is 9.64. The van der Waals surface area contributed by atoms with Gasteiger partial charge in [0, 0.05) is 12.1 Å². The molecule has 2 N–H and O–H groups in total. The van der Waals surface area contributed by atoms with E-state index in [1.54, 1.807) is 12.1 Å². The Kier molecular flexibility index (Phi) is 3.69. The van der Waals surface area contributed by atoms with Crippen LogP contribution in [0.5, 0.6) is 0 Å². The first-order valence-corrected chi connectivity index (χ1v) is 5.50. The van der Waals surface area contributed by atoms with Crippen LogP contribution in [0.1, 0.15) is 11.6 Å². The quantitative estimate of drug-likeness (QED) is 0.780. The van der Waals surface area contributed by atoms with Crippen molar-refractivity contribution in [3.8, 4) is 0 Å². The van der Waals surface area contributed by atoms with E-state index < -0.39 is 23.7 Å². The monoisotopic (exact) mass is 252 g/mol. The molecule has 5 nitrogen and oxygen atoms in total. The first-order chi connectivity index (χ1) is 8.59. The van der Waals surface area contributed by atoms with E-state index in [0.29, 0.717) is 0 Å². The molecule has 0 spiro atoms. The summed E-state index contributed by atoms with van der Waals surface area (Å²) < 4.78 is 18.3. The number of ether oxygens (including phenoxy) is 1. The van der Waals surface area contributed by atoms with Gasteiger partial charge in [0.2, 0.25) is 0 Å². The molecule has 2 rings (SSSR count). The Labute approximate surface area is 103 Å². The fraction of sp³-hybridized carbons (Fsp3) is 0.333. The summed E-state index contributed by atoms with van der Waals surface area (Å²) in [4.78, 5) is 24.0. The summed E-state index contributed by atoms with van der Waals surface area (Å²) in [5, 5.41) is 0. The lowest BCUT2D eigenvalue weighted by Gasteiger charge is -2.27. The highest BCUT2D eigenvalue weighted by Gasteiger charge is 2.28. The van der Waals surface area contributed by atoms with Gasteiger partial charge in [-0.2, -0.15) is 0 Å². The molecule has 1 aliphatic heterocycles. The van der Waals surface area contributed by atoms with Crippen LogP contribution < -0.4 is 5.73 Å². The summed E-state index contributed by atoms with van der Waals surface area (Å²) in [6.45, 7) is -0.326. The first kappa shape index (κ1) is 12.7. The summed E-state index contributed by atoms with van der Waals surface area (Å²) in [6, 6.07) is 5.29. The number of carbonyl (C=O) groups excluding carboxylic acids is 2. The van der Waals surface area contributed by atoms with Crippen LogP contribution in [-0.4, -0.2) is 36.5 Å². The molecule has 0 aliphatic carbocycles. The Hall–Kier alpha value is -1.79. The standard InChI is InChI=1S/C12H13FN2O3/c13-9-4-2-1-3-8(9)10(14)5-15-11(16)6-18-7-12(15)17/h1-4,10H,5-7,14H2. The molecular weight excluding hydrogens is 239 g/mol. The van der Waals surface area contributed by atoms with Gasteiger partial charge in [0.25, 0.3) is 11.8 Å². The third-order valence-corrected chi connectivity index (χ3v) is 2.74. The van der Waals surface area contributed by atoms with Gasteiger partial charge < -0.3 is 10.5 Å². The normalized spacial score (nSPS) is 18.0. The molecule has 96 valence electrons. The molecular formula is C12H13FN2O3. The molecule has 1 atom stereocenters. The molecule has 1 fully saturated rings. The summed E-state index contributed by atoms with van der Waals surface area (Å²) >= 11 is 0. The van der Waals surface area contributed by atoms with Crippen molar-refractivity contribution in [2.75, 3.05) is 19.8 Å². The maximum Gasteiger partial charge on any atom is 0.255 e. The lowest BCUT2D eigenvalue weighted by atomic mass is 10.1. The Morgan fingerprint density at radius 1 is 1.28 bits per heavy atom. The average molecular weight is 252 g/mol. The van der Waals surface area contributed by atoms with Crippen LogP contribution in [0, 0.1) is 5.82 Å². The Balaban J connectivity index is 2.11. The van der Waals surface area contributed by atoms with Gasteiger partial charge in [-0.05, 0) is 6.07 Å². The number of carbonyl (C=O) groups is 2. The molecule has 0 radical (unpaired) electrons. The van der Waals surface area contributed by atoms with E-state index in [0.717, 1.165) is 4.90 Å². The smallest absolute Gasteiger partial charge is 0.255 e. The number of imide groups is 1. The predicted molar refractivity (Wildman–Crippen MR) is 60.9 cm³/mol. The number of morpholine rings is 1. The minimum absolute atomic E-state index is 0.0397. The van der Waals surface area contributed by atoms with Crippen LogP contribution in [0.3, 0.4) is 0 Å². The van der Waals surface area contributed by atoms with Gasteiger partial charge in [0.15, 0.2) is 0 Å². The summed E-state index contributed by atoms with van der Waals surface area (Å²) in [7, 11) is 0. The second-order valence-electron chi connectivity index (χ2n) is 4.02. The molecule has 0 bridgehead atoms. The fourth-order valence-electron chi connectivity index (χ4n) is 1.80. The Bertz CT molecular complexity index is 462. The van der Waals surface area contributed by atoms with Crippen LogP contribution in [0.4, 0.5) is 4.39 Å². The second-order valence-corrected chi connectivity index (χ2v) is 4.02. The Morgan fingerprint density at radius 2 is 1.89 bits per heavy atom. The molecule has 18 heavy (non-hydrogen) atoms. The van der Waals surface area contributed by atoms with Crippen molar-refractivity contribution in [2.45, 2.75) is 6.04 Å².